The molecule has 140 valence electrons. The van der Waals surface area contributed by atoms with Gasteiger partial charge in [0, 0.05) is 50.3 Å². The van der Waals surface area contributed by atoms with Gasteiger partial charge in [0.15, 0.2) is 5.96 Å². The largest absolute Gasteiger partial charge is 0.357 e. The van der Waals surface area contributed by atoms with Crippen LogP contribution in [0.15, 0.2) is 4.99 Å². The van der Waals surface area contributed by atoms with Gasteiger partial charge in [-0.1, -0.05) is 6.92 Å². The monoisotopic (exact) mass is 376 g/mol. The second kappa shape index (κ2) is 9.29. The van der Waals surface area contributed by atoms with E-state index in [1.807, 2.05) is 0 Å². The van der Waals surface area contributed by atoms with Crippen LogP contribution < -0.4 is 5.32 Å². The Bertz CT molecular complexity index is 516. The van der Waals surface area contributed by atoms with E-state index in [1.165, 1.54) is 12.7 Å². The van der Waals surface area contributed by atoms with E-state index in [2.05, 4.69) is 35.8 Å². The van der Waals surface area contributed by atoms with Crippen molar-refractivity contribution in [3.8, 4) is 0 Å². The number of nitrogens with zero attached hydrogens (tertiary/aromatic N) is 3. The molecular weight excluding hydrogens is 344 g/mol. The zero-order valence-corrected chi connectivity index (χ0v) is 16.8. The standard InChI is InChI=1S/C16H32N4O2S2/c1-4-15-13-19(10-11-23-15)16(17-5-2)18-12-14-6-8-20(9-7-14)24(3,21)22/h14-15H,4-13H2,1-3H3,(H,17,18). The molecule has 6 nitrogen and oxygen atoms in total. The van der Waals surface area contributed by atoms with E-state index in [9.17, 15) is 8.42 Å². The van der Waals surface area contributed by atoms with Crippen molar-refractivity contribution >= 4 is 27.7 Å². The molecular formula is C16H32N4O2S2. The second-order valence-corrected chi connectivity index (χ2v) is 10.0. The molecule has 0 aromatic carbocycles. The van der Waals surface area contributed by atoms with E-state index in [0.29, 0.717) is 24.3 Å². The summed E-state index contributed by atoms with van der Waals surface area (Å²) >= 11 is 2.06. The number of hydrogen-bond acceptors (Lipinski definition) is 4. The fraction of sp³-hybridized carbons (Fsp3) is 0.938. The SMILES string of the molecule is CCNC(=NCC1CCN(S(C)(=O)=O)CC1)N1CCSC(CC)C1. The van der Waals surface area contributed by atoms with Crippen molar-refractivity contribution < 1.29 is 8.42 Å². The summed E-state index contributed by atoms with van der Waals surface area (Å²) in [5, 5.41) is 4.12. The van der Waals surface area contributed by atoms with Crippen molar-refractivity contribution in [3.63, 3.8) is 0 Å². The van der Waals surface area contributed by atoms with Crippen molar-refractivity contribution in [3.05, 3.63) is 0 Å². The molecule has 0 aromatic rings. The van der Waals surface area contributed by atoms with E-state index in [0.717, 1.165) is 50.7 Å². The lowest BCUT2D eigenvalue weighted by molar-refractivity contribution is 0.279. The summed E-state index contributed by atoms with van der Waals surface area (Å²) in [4.78, 5) is 7.26. The Kier molecular flexibility index (Phi) is 7.68. The number of nitrogens with one attached hydrogen (secondary N) is 1. The van der Waals surface area contributed by atoms with Crippen LogP contribution in [0, 0.1) is 5.92 Å². The summed E-state index contributed by atoms with van der Waals surface area (Å²) in [7, 11) is -3.04. The van der Waals surface area contributed by atoms with Crippen molar-refractivity contribution in [2.45, 2.75) is 38.4 Å². The Morgan fingerprint density at radius 2 is 1.96 bits per heavy atom. The predicted octanol–water partition coefficient (Wildman–Crippen LogP) is 1.45. The summed E-state index contributed by atoms with van der Waals surface area (Å²) < 4.78 is 24.8. The van der Waals surface area contributed by atoms with Gasteiger partial charge in [0.25, 0.3) is 0 Å². The highest BCUT2D eigenvalue weighted by Crippen LogP contribution is 2.22. The highest BCUT2D eigenvalue weighted by Gasteiger charge is 2.25. The van der Waals surface area contributed by atoms with Gasteiger partial charge in [0.05, 0.1) is 6.26 Å². The van der Waals surface area contributed by atoms with Gasteiger partial charge in [-0.25, -0.2) is 12.7 Å². The van der Waals surface area contributed by atoms with Gasteiger partial charge in [0.2, 0.25) is 10.0 Å². The summed E-state index contributed by atoms with van der Waals surface area (Å²) in [5.41, 5.74) is 0. The third-order valence-corrected chi connectivity index (χ3v) is 7.45. The predicted molar refractivity (Wildman–Crippen MR) is 103 cm³/mol. The topological polar surface area (TPSA) is 65.0 Å². The van der Waals surface area contributed by atoms with Crippen LogP contribution in [0.5, 0.6) is 0 Å². The molecule has 2 saturated heterocycles. The second-order valence-electron chi connectivity index (χ2n) is 6.65. The van der Waals surface area contributed by atoms with E-state index >= 15 is 0 Å². The Balaban J connectivity index is 1.89. The Morgan fingerprint density at radius 3 is 2.54 bits per heavy atom. The molecule has 2 heterocycles. The van der Waals surface area contributed by atoms with Crippen LogP contribution >= 0.6 is 11.8 Å². The molecule has 8 heteroatoms. The molecule has 1 atom stereocenters. The maximum Gasteiger partial charge on any atom is 0.211 e. The smallest absolute Gasteiger partial charge is 0.211 e. The first-order valence-corrected chi connectivity index (χ1v) is 11.9. The van der Waals surface area contributed by atoms with Crippen LogP contribution in [0.3, 0.4) is 0 Å². The van der Waals surface area contributed by atoms with Gasteiger partial charge in [-0.15, -0.1) is 0 Å². The molecule has 0 aliphatic carbocycles. The van der Waals surface area contributed by atoms with Crippen LogP contribution in [-0.2, 0) is 10.0 Å². The highest BCUT2D eigenvalue weighted by atomic mass is 32.2. The van der Waals surface area contributed by atoms with Crippen LogP contribution in [0.1, 0.15) is 33.1 Å². The number of guanidine groups is 1. The van der Waals surface area contributed by atoms with E-state index in [1.54, 1.807) is 4.31 Å². The van der Waals surface area contributed by atoms with Crippen LogP contribution in [0.25, 0.3) is 0 Å². The number of sulfonamides is 1. The molecule has 24 heavy (non-hydrogen) atoms. The maximum absolute atomic E-state index is 11.6. The number of thioether (sulfide) groups is 1. The first-order valence-electron chi connectivity index (χ1n) is 9.04. The molecule has 0 bridgehead atoms. The summed E-state index contributed by atoms with van der Waals surface area (Å²) in [5.74, 6) is 2.68. The summed E-state index contributed by atoms with van der Waals surface area (Å²) in [6, 6.07) is 0. The molecule has 0 radical (unpaired) electrons. The molecule has 0 amide bonds. The average Bonchev–Trinajstić information content (AvgIpc) is 2.58. The minimum Gasteiger partial charge on any atom is -0.357 e. The summed E-state index contributed by atoms with van der Waals surface area (Å²) in [6.07, 6.45) is 4.31. The van der Waals surface area contributed by atoms with Gasteiger partial charge in [0.1, 0.15) is 0 Å². The van der Waals surface area contributed by atoms with Crippen LogP contribution in [0.2, 0.25) is 0 Å². The van der Waals surface area contributed by atoms with Crippen molar-refractivity contribution in [1.82, 2.24) is 14.5 Å². The highest BCUT2D eigenvalue weighted by molar-refractivity contribution is 8.00. The van der Waals surface area contributed by atoms with Gasteiger partial charge < -0.3 is 10.2 Å². The van der Waals surface area contributed by atoms with Gasteiger partial charge in [-0.3, -0.25) is 4.99 Å². The lowest BCUT2D eigenvalue weighted by Crippen LogP contribution is -2.48. The van der Waals surface area contributed by atoms with Gasteiger partial charge >= 0.3 is 0 Å². The minimum absolute atomic E-state index is 0.484. The lowest BCUT2D eigenvalue weighted by Gasteiger charge is -2.35. The molecule has 1 N–H and O–H groups in total. The fourth-order valence-electron chi connectivity index (χ4n) is 3.22. The van der Waals surface area contributed by atoms with E-state index in [4.69, 9.17) is 4.99 Å². The molecule has 2 rings (SSSR count). The number of aliphatic imine (C=N–C) groups is 1. The first kappa shape index (κ1) is 19.8. The molecule has 2 aliphatic rings. The van der Waals surface area contributed by atoms with Crippen molar-refractivity contribution in [2.75, 3.05) is 51.3 Å². The number of rotatable bonds is 5. The summed E-state index contributed by atoms with van der Waals surface area (Å²) in [6.45, 7) is 9.42. The molecule has 0 aromatic heterocycles. The first-order chi connectivity index (χ1) is 11.4. The Morgan fingerprint density at radius 1 is 1.25 bits per heavy atom. The van der Waals surface area contributed by atoms with Crippen molar-refractivity contribution in [1.29, 1.82) is 0 Å². The fourth-order valence-corrected chi connectivity index (χ4v) is 5.28. The lowest BCUT2D eigenvalue weighted by atomic mass is 9.98. The van der Waals surface area contributed by atoms with Crippen molar-refractivity contribution in [2.24, 2.45) is 10.9 Å². The van der Waals surface area contributed by atoms with Crippen LogP contribution in [0.4, 0.5) is 0 Å². The molecule has 1 unspecified atom stereocenters. The van der Waals surface area contributed by atoms with E-state index in [-0.39, 0.29) is 0 Å². The number of hydrogen-bond donors (Lipinski definition) is 1. The number of piperidine rings is 1. The normalized spacial score (nSPS) is 25.0. The Hall–Kier alpha value is -0.470. The van der Waals surface area contributed by atoms with Crippen LogP contribution in [-0.4, -0.2) is 80.1 Å². The van der Waals surface area contributed by atoms with Gasteiger partial charge in [-0.05, 0) is 32.1 Å². The average molecular weight is 377 g/mol. The third kappa shape index (κ3) is 5.81. The zero-order valence-electron chi connectivity index (χ0n) is 15.2. The molecule has 2 fully saturated rings. The van der Waals surface area contributed by atoms with Gasteiger partial charge in [-0.2, -0.15) is 11.8 Å². The quantitative estimate of drug-likeness (QED) is 0.581. The van der Waals surface area contributed by atoms with E-state index < -0.39 is 10.0 Å². The minimum atomic E-state index is -3.04. The molecule has 2 aliphatic heterocycles. The zero-order chi connectivity index (χ0) is 17.6. The molecule has 0 saturated carbocycles. The maximum atomic E-state index is 11.6. The molecule has 0 spiro atoms. The third-order valence-electron chi connectivity index (χ3n) is 4.77. The Labute approximate surface area is 151 Å².